The molecule has 0 radical (unpaired) electrons. The van der Waals surface area contributed by atoms with E-state index in [-0.39, 0.29) is 0 Å². The molecule has 2 aromatic heterocycles. The molecule has 21 heavy (non-hydrogen) atoms. The van der Waals surface area contributed by atoms with Crippen molar-refractivity contribution < 1.29 is 0 Å². The van der Waals surface area contributed by atoms with Gasteiger partial charge >= 0.3 is 11.1 Å². The molecule has 0 bridgehead atoms. The molecule has 9 heteroatoms. The molecule has 0 amide bonds. The first-order valence-electron chi connectivity index (χ1n) is 6.36. The molecular formula is C12H16N6O2S. The molecule has 0 aliphatic carbocycles. The fourth-order valence-electron chi connectivity index (χ4n) is 1.68. The lowest BCUT2D eigenvalue weighted by Gasteiger charge is -2.11. The lowest BCUT2D eigenvalue weighted by Crippen LogP contribution is -2.33. The first kappa shape index (κ1) is 15.2. The second-order valence-corrected chi connectivity index (χ2v) is 5.28. The van der Waals surface area contributed by atoms with Gasteiger partial charge in [0.15, 0.2) is 5.16 Å². The fourth-order valence-corrected chi connectivity index (χ4v) is 2.56. The third-order valence-electron chi connectivity index (χ3n) is 2.84. The molecule has 0 fully saturated rings. The SMILES string of the molecule is CCc1nc(NC)c(C)c(Sc2nc(=O)c(=O)[nH]n2C)n1. The van der Waals surface area contributed by atoms with Crippen molar-refractivity contribution >= 4 is 17.6 Å². The Labute approximate surface area is 125 Å². The third kappa shape index (κ3) is 3.13. The van der Waals surface area contributed by atoms with E-state index < -0.39 is 11.1 Å². The molecule has 2 rings (SSSR count). The zero-order valence-corrected chi connectivity index (χ0v) is 13.0. The molecule has 0 saturated carbocycles. The molecule has 2 aromatic rings. The van der Waals surface area contributed by atoms with Gasteiger partial charge in [0.25, 0.3) is 0 Å². The van der Waals surface area contributed by atoms with Gasteiger partial charge in [-0.15, -0.1) is 0 Å². The smallest absolute Gasteiger partial charge is 0.339 e. The average molecular weight is 308 g/mol. The van der Waals surface area contributed by atoms with Gasteiger partial charge in [0.1, 0.15) is 16.7 Å². The molecule has 2 N–H and O–H groups in total. The van der Waals surface area contributed by atoms with Crippen LogP contribution in [0.4, 0.5) is 5.82 Å². The van der Waals surface area contributed by atoms with Crippen molar-refractivity contribution in [1.82, 2.24) is 24.7 Å². The van der Waals surface area contributed by atoms with Crippen molar-refractivity contribution in [2.75, 3.05) is 12.4 Å². The van der Waals surface area contributed by atoms with Gasteiger partial charge in [-0.1, -0.05) is 6.92 Å². The number of hydrogen-bond acceptors (Lipinski definition) is 7. The summed E-state index contributed by atoms with van der Waals surface area (Å²) in [6.45, 7) is 3.85. The van der Waals surface area contributed by atoms with Crippen molar-refractivity contribution in [1.29, 1.82) is 0 Å². The Hall–Kier alpha value is -2.16. The summed E-state index contributed by atoms with van der Waals surface area (Å²) in [6.07, 6.45) is 0.695. The van der Waals surface area contributed by atoms with Crippen LogP contribution in [0.2, 0.25) is 0 Å². The zero-order chi connectivity index (χ0) is 15.6. The van der Waals surface area contributed by atoms with E-state index in [1.807, 2.05) is 13.8 Å². The number of aromatic nitrogens is 5. The molecule has 112 valence electrons. The van der Waals surface area contributed by atoms with E-state index in [0.29, 0.717) is 22.4 Å². The highest BCUT2D eigenvalue weighted by Crippen LogP contribution is 2.28. The minimum atomic E-state index is -0.813. The predicted molar refractivity (Wildman–Crippen MR) is 79.9 cm³/mol. The minimum absolute atomic E-state index is 0.366. The summed E-state index contributed by atoms with van der Waals surface area (Å²) in [5, 5.41) is 6.49. The third-order valence-corrected chi connectivity index (χ3v) is 3.97. The van der Waals surface area contributed by atoms with Crippen LogP contribution in [0.25, 0.3) is 0 Å². The van der Waals surface area contributed by atoms with Gasteiger partial charge in [0.2, 0.25) is 0 Å². The van der Waals surface area contributed by atoms with Crippen LogP contribution in [0.1, 0.15) is 18.3 Å². The monoisotopic (exact) mass is 308 g/mol. The van der Waals surface area contributed by atoms with E-state index in [0.717, 1.165) is 11.4 Å². The van der Waals surface area contributed by atoms with E-state index in [1.54, 1.807) is 14.1 Å². The number of H-pyrrole nitrogens is 1. The maximum Gasteiger partial charge on any atom is 0.339 e. The van der Waals surface area contributed by atoms with Gasteiger partial charge in [0.05, 0.1) is 0 Å². The summed E-state index contributed by atoms with van der Waals surface area (Å²) < 4.78 is 1.40. The summed E-state index contributed by atoms with van der Waals surface area (Å²) in [4.78, 5) is 35.2. The van der Waals surface area contributed by atoms with E-state index in [2.05, 4.69) is 25.4 Å². The Balaban J connectivity index is 2.51. The van der Waals surface area contributed by atoms with Crippen molar-refractivity contribution in [2.45, 2.75) is 30.5 Å². The molecule has 0 atom stereocenters. The van der Waals surface area contributed by atoms with Gasteiger partial charge in [-0.25, -0.2) is 9.97 Å². The number of nitrogens with zero attached hydrogens (tertiary/aromatic N) is 4. The second-order valence-electron chi connectivity index (χ2n) is 4.32. The zero-order valence-electron chi connectivity index (χ0n) is 12.2. The van der Waals surface area contributed by atoms with E-state index in [9.17, 15) is 9.59 Å². The van der Waals surface area contributed by atoms with Crippen LogP contribution in [-0.4, -0.2) is 31.8 Å². The highest BCUT2D eigenvalue weighted by Gasteiger charge is 2.13. The van der Waals surface area contributed by atoms with Crippen molar-refractivity contribution in [3.8, 4) is 0 Å². The van der Waals surface area contributed by atoms with Crippen LogP contribution in [0, 0.1) is 6.92 Å². The molecule has 2 heterocycles. The van der Waals surface area contributed by atoms with Crippen LogP contribution < -0.4 is 16.4 Å². The van der Waals surface area contributed by atoms with E-state index in [4.69, 9.17) is 0 Å². The Kier molecular flexibility index (Phi) is 4.41. The summed E-state index contributed by atoms with van der Waals surface area (Å²) in [6, 6.07) is 0. The Morgan fingerprint density at radius 3 is 2.62 bits per heavy atom. The number of anilines is 1. The predicted octanol–water partition coefficient (Wildman–Crippen LogP) is 0.322. The first-order valence-corrected chi connectivity index (χ1v) is 7.18. The summed E-state index contributed by atoms with van der Waals surface area (Å²) in [5.41, 5.74) is -0.696. The molecule has 8 nitrogen and oxygen atoms in total. The van der Waals surface area contributed by atoms with Crippen LogP contribution in [0.3, 0.4) is 0 Å². The standard InChI is InChI=1S/C12H16N6O2S/c1-5-7-14-8(13-3)6(2)11(15-7)21-12-16-9(19)10(20)17-18(12)4/h5H2,1-4H3,(H,17,20)(H,13,14,15). The van der Waals surface area contributed by atoms with Gasteiger partial charge in [-0.3, -0.25) is 19.4 Å². The number of aromatic amines is 1. The van der Waals surface area contributed by atoms with E-state index >= 15 is 0 Å². The molecule has 0 aliphatic heterocycles. The number of hydrogen-bond donors (Lipinski definition) is 2. The van der Waals surface area contributed by atoms with E-state index in [1.165, 1.54) is 16.4 Å². The molecule has 0 unspecified atom stereocenters. The van der Waals surface area contributed by atoms with Crippen molar-refractivity contribution in [3.05, 3.63) is 32.1 Å². The quantitative estimate of drug-likeness (QED) is 0.619. The largest absolute Gasteiger partial charge is 0.373 e. The summed E-state index contributed by atoms with van der Waals surface area (Å²) in [7, 11) is 3.41. The second kappa shape index (κ2) is 6.08. The van der Waals surface area contributed by atoms with Gasteiger partial charge in [0, 0.05) is 26.1 Å². The molecule has 0 aliphatic rings. The lowest BCUT2D eigenvalue weighted by atomic mass is 10.3. The number of nitrogens with one attached hydrogen (secondary N) is 2. The Bertz CT molecular complexity index is 782. The number of rotatable bonds is 4. The topological polar surface area (TPSA) is 106 Å². The van der Waals surface area contributed by atoms with Gasteiger partial charge in [-0.05, 0) is 18.7 Å². The highest BCUT2D eigenvalue weighted by atomic mass is 32.2. The summed E-state index contributed by atoms with van der Waals surface area (Å²) >= 11 is 1.21. The Morgan fingerprint density at radius 2 is 2.00 bits per heavy atom. The van der Waals surface area contributed by atoms with Crippen LogP contribution in [0.15, 0.2) is 19.8 Å². The van der Waals surface area contributed by atoms with Crippen LogP contribution in [0.5, 0.6) is 0 Å². The maximum atomic E-state index is 11.4. The van der Waals surface area contributed by atoms with Crippen molar-refractivity contribution in [2.24, 2.45) is 7.05 Å². The lowest BCUT2D eigenvalue weighted by molar-refractivity contribution is 0.596. The minimum Gasteiger partial charge on any atom is -0.373 e. The molecular weight excluding hydrogens is 292 g/mol. The normalized spacial score (nSPS) is 10.7. The molecule has 0 spiro atoms. The number of aryl methyl sites for hydroxylation is 2. The maximum absolute atomic E-state index is 11.4. The van der Waals surface area contributed by atoms with Crippen LogP contribution >= 0.6 is 11.8 Å². The fraction of sp³-hybridized carbons (Fsp3) is 0.417. The van der Waals surface area contributed by atoms with Gasteiger partial charge < -0.3 is 5.32 Å². The summed E-state index contributed by atoms with van der Waals surface area (Å²) in [5.74, 6) is 1.43. The average Bonchev–Trinajstić information content (AvgIpc) is 2.46. The van der Waals surface area contributed by atoms with Gasteiger partial charge in [-0.2, -0.15) is 4.98 Å². The molecule has 0 aromatic carbocycles. The first-order chi connectivity index (χ1) is 9.96. The highest BCUT2D eigenvalue weighted by molar-refractivity contribution is 7.99. The molecule has 0 saturated heterocycles. The van der Waals surface area contributed by atoms with Crippen molar-refractivity contribution in [3.63, 3.8) is 0 Å². The van der Waals surface area contributed by atoms with Crippen LogP contribution in [-0.2, 0) is 13.5 Å². The Morgan fingerprint density at radius 1 is 1.29 bits per heavy atom.